The number of ether oxygens (including phenoxy) is 2. The monoisotopic (exact) mass is 510 g/mol. The summed E-state index contributed by atoms with van der Waals surface area (Å²) >= 11 is 0. The van der Waals surface area contributed by atoms with Crippen LogP contribution in [0.4, 0.5) is 5.69 Å². The molecule has 3 rings (SSSR count). The molecule has 1 amide bonds. The normalized spacial score (nSPS) is 11.1. The molecule has 0 bridgehead atoms. The third-order valence-electron chi connectivity index (χ3n) is 5.42. The first kappa shape index (κ1) is 27.1. The number of carbonyl (C=O) groups excluding carboxylic acids is 1. The van der Waals surface area contributed by atoms with Gasteiger partial charge in [0.25, 0.3) is 0 Å². The van der Waals surface area contributed by atoms with Crippen LogP contribution in [0, 0.1) is 0 Å². The Morgan fingerprint density at radius 3 is 2.17 bits per heavy atom. The van der Waals surface area contributed by atoms with Crippen LogP contribution in [0.15, 0.2) is 78.9 Å². The van der Waals surface area contributed by atoms with Crippen molar-refractivity contribution in [2.75, 3.05) is 30.3 Å². The van der Waals surface area contributed by atoms with Crippen molar-refractivity contribution in [2.45, 2.75) is 32.6 Å². The van der Waals surface area contributed by atoms with E-state index in [0.29, 0.717) is 36.8 Å². The van der Waals surface area contributed by atoms with Crippen molar-refractivity contribution in [3.8, 4) is 17.2 Å². The lowest BCUT2D eigenvalue weighted by Gasteiger charge is -2.22. The average molecular weight is 511 g/mol. The summed E-state index contributed by atoms with van der Waals surface area (Å²) in [5.41, 5.74) is 1.80. The van der Waals surface area contributed by atoms with Crippen LogP contribution in [0.5, 0.6) is 17.2 Å². The Hall–Kier alpha value is -3.52. The Morgan fingerprint density at radius 2 is 1.53 bits per heavy atom. The van der Waals surface area contributed by atoms with Gasteiger partial charge in [-0.3, -0.25) is 9.10 Å². The number of anilines is 1. The molecule has 3 aromatic carbocycles. The van der Waals surface area contributed by atoms with Crippen molar-refractivity contribution < 1.29 is 22.7 Å². The molecule has 0 atom stereocenters. The summed E-state index contributed by atoms with van der Waals surface area (Å²) in [6, 6.07) is 24.2. The molecule has 0 fully saturated rings. The molecule has 36 heavy (non-hydrogen) atoms. The minimum Gasteiger partial charge on any atom is -0.492 e. The molecule has 0 aliphatic heterocycles. The smallest absolute Gasteiger partial charge is 0.232 e. The molecule has 8 heteroatoms. The predicted octanol–water partition coefficient (Wildman–Crippen LogP) is 5.17. The molecular formula is C28H34N2O5S. The Labute approximate surface area is 214 Å². The molecule has 3 aromatic rings. The molecule has 0 aliphatic rings. The first-order valence-corrected chi connectivity index (χ1v) is 14.0. The van der Waals surface area contributed by atoms with Crippen molar-refractivity contribution in [2.24, 2.45) is 0 Å². The lowest BCUT2D eigenvalue weighted by molar-refractivity contribution is -0.121. The molecule has 0 unspecified atom stereocenters. The topological polar surface area (TPSA) is 84.9 Å². The van der Waals surface area contributed by atoms with Crippen LogP contribution in [0.1, 0.15) is 31.7 Å². The molecule has 0 spiro atoms. The summed E-state index contributed by atoms with van der Waals surface area (Å²) in [7, 11) is -3.51. The van der Waals surface area contributed by atoms with Crippen LogP contribution in [-0.4, -0.2) is 40.3 Å². The van der Waals surface area contributed by atoms with Crippen molar-refractivity contribution in [1.29, 1.82) is 0 Å². The molecule has 0 aromatic heterocycles. The van der Waals surface area contributed by atoms with Crippen LogP contribution in [0.3, 0.4) is 0 Å². The number of benzene rings is 3. The van der Waals surface area contributed by atoms with Crippen LogP contribution in [-0.2, 0) is 21.2 Å². The fraction of sp³-hybridized carbons (Fsp3) is 0.321. The van der Waals surface area contributed by atoms with E-state index in [1.165, 1.54) is 9.87 Å². The van der Waals surface area contributed by atoms with Crippen LogP contribution >= 0.6 is 0 Å². The number of nitrogens with zero attached hydrogens (tertiary/aromatic N) is 1. The van der Waals surface area contributed by atoms with E-state index in [2.05, 4.69) is 24.4 Å². The van der Waals surface area contributed by atoms with Crippen molar-refractivity contribution in [3.05, 3.63) is 84.4 Å². The van der Waals surface area contributed by atoms with E-state index in [0.717, 1.165) is 24.8 Å². The van der Waals surface area contributed by atoms with Crippen LogP contribution in [0.25, 0.3) is 0 Å². The number of rotatable bonds is 14. The van der Waals surface area contributed by atoms with Gasteiger partial charge in [0.1, 0.15) is 23.9 Å². The van der Waals surface area contributed by atoms with Crippen molar-refractivity contribution in [1.82, 2.24) is 5.32 Å². The fourth-order valence-electron chi connectivity index (χ4n) is 3.66. The highest BCUT2D eigenvalue weighted by atomic mass is 32.2. The van der Waals surface area contributed by atoms with E-state index in [1.807, 2.05) is 42.5 Å². The van der Waals surface area contributed by atoms with Gasteiger partial charge >= 0.3 is 0 Å². The molecule has 0 heterocycles. The quantitative estimate of drug-likeness (QED) is 0.302. The number of sulfonamides is 1. The molecule has 1 N–H and O–H groups in total. The number of hydrogen-bond donors (Lipinski definition) is 1. The zero-order chi connectivity index (χ0) is 25.8. The highest BCUT2D eigenvalue weighted by Crippen LogP contribution is 2.25. The van der Waals surface area contributed by atoms with Gasteiger partial charge in [-0.2, -0.15) is 0 Å². The van der Waals surface area contributed by atoms with Gasteiger partial charge in [0.15, 0.2) is 0 Å². The van der Waals surface area contributed by atoms with Crippen LogP contribution < -0.4 is 19.1 Å². The second-order valence-corrected chi connectivity index (χ2v) is 10.3. The van der Waals surface area contributed by atoms with Gasteiger partial charge in [-0.15, -0.1) is 0 Å². The number of carbonyl (C=O) groups is 1. The van der Waals surface area contributed by atoms with Crippen molar-refractivity contribution >= 4 is 21.6 Å². The van der Waals surface area contributed by atoms with Crippen molar-refractivity contribution in [3.63, 3.8) is 0 Å². The lowest BCUT2D eigenvalue weighted by atomic mass is 10.1. The highest BCUT2D eigenvalue weighted by molar-refractivity contribution is 7.92. The molecule has 7 nitrogen and oxygen atoms in total. The van der Waals surface area contributed by atoms with Gasteiger partial charge < -0.3 is 14.8 Å². The standard InChI is InChI=1S/C28H34N2O5S/c1-3-8-23-12-16-25(17-13-23)34-22-20-29-28(31)11-7-21-30(36(2,32)33)24-14-18-27(19-15-24)35-26-9-5-4-6-10-26/h4-6,9-10,12-19H,3,7-8,11,20-22H2,1-2H3,(H,29,31). The molecular weight excluding hydrogens is 476 g/mol. The summed E-state index contributed by atoms with van der Waals surface area (Å²) in [5, 5.41) is 2.82. The molecule has 192 valence electrons. The van der Waals surface area contributed by atoms with E-state index >= 15 is 0 Å². The maximum absolute atomic E-state index is 12.4. The molecule has 0 saturated heterocycles. The number of hydrogen-bond acceptors (Lipinski definition) is 5. The fourth-order valence-corrected chi connectivity index (χ4v) is 4.63. The van der Waals surface area contributed by atoms with E-state index in [-0.39, 0.29) is 18.9 Å². The van der Waals surface area contributed by atoms with Gasteiger partial charge in [0.05, 0.1) is 18.5 Å². The zero-order valence-corrected chi connectivity index (χ0v) is 21.7. The number of aryl methyl sites for hydroxylation is 1. The second kappa shape index (κ2) is 13.5. The van der Waals surface area contributed by atoms with E-state index in [1.54, 1.807) is 24.3 Å². The molecule has 0 radical (unpaired) electrons. The minimum atomic E-state index is -3.51. The maximum atomic E-state index is 12.4. The number of nitrogens with one attached hydrogen (secondary N) is 1. The lowest BCUT2D eigenvalue weighted by Crippen LogP contribution is -2.32. The Morgan fingerprint density at radius 1 is 0.889 bits per heavy atom. The zero-order valence-electron chi connectivity index (χ0n) is 20.9. The van der Waals surface area contributed by atoms with E-state index in [4.69, 9.17) is 9.47 Å². The van der Waals surface area contributed by atoms with Crippen LogP contribution in [0.2, 0.25) is 0 Å². The van der Waals surface area contributed by atoms with Gasteiger partial charge in [0, 0.05) is 13.0 Å². The number of amides is 1. The Bertz CT molecular complexity index is 1180. The summed E-state index contributed by atoms with van der Waals surface area (Å²) in [4.78, 5) is 12.2. The van der Waals surface area contributed by atoms with Gasteiger partial charge in [-0.1, -0.05) is 43.7 Å². The first-order chi connectivity index (χ1) is 17.3. The predicted molar refractivity (Wildman–Crippen MR) is 143 cm³/mol. The van der Waals surface area contributed by atoms with Gasteiger partial charge in [-0.25, -0.2) is 8.42 Å². The number of para-hydroxylation sites is 1. The van der Waals surface area contributed by atoms with Gasteiger partial charge in [0.2, 0.25) is 15.9 Å². The van der Waals surface area contributed by atoms with E-state index < -0.39 is 10.0 Å². The maximum Gasteiger partial charge on any atom is 0.232 e. The van der Waals surface area contributed by atoms with Gasteiger partial charge in [-0.05, 0) is 66.9 Å². The summed E-state index contributed by atoms with van der Waals surface area (Å²) in [5.74, 6) is 1.94. The SMILES string of the molecule is CCCc1ccc(OCCNC(=O)CCCN(c2ccc(Oc3ccccc3)cc2)S(C)(=O)=O)cc1. The third-order valence-corrected chi connectivity index (χ3v) is 6.62. The average Bonchev–Trinajstić information content (AvgIpc) is 2.86. The molecule has 0 saturated carbocycles. The minimum absolute atomic E-state index is 0.142. The Balaban J connectivity index is 1.42. The Kier molecular flexibility index (Phi) is 10.2. The summed E-state index contributed by atoms with van der Waals surface area (Å²) < 4.78 is 37.5. The summed E-state index contributed by atoms with van der Waals surface area (Å²) in [6.07, 6.45) is 3.91. The third kappa shape index (κ3) is 8.92. The molecule has 0 aliphatic carbocycles. The highest BCUT2D eigenvalue weighted by Gasteiger charge is 2.17. The summed E-state index contributed by atoms with van der Waals surface area (Å²) in [6.45, 7) is 3.09. The second-order valence-electron chi connectivity index (χ2n) is 8.44. The first-order valence-electron chi connectivity index (χ1n) is 12.1. The largest absolute Gasteiger partial charge is 0.492 e. The van der Waals surface area contributed by atoms with E-state index in [9.17, 15) is 13.2 Å².